The molecule has 0 spiro atoms. The van der Waals surface area contributed by atoms with Gasteiger partial charge in [-0.1, -0.05) is 0 Å². The largest absolute Gasteiger partial charge is 0.512 e. The Morgan fingerprint density at radius 1 is 1.27 bits per heavy atom. The molecular weight excluding hydrogens is 194 g/mol. The molecule has 4 atom stereocenters. The number of rotatable bonds is 2. The highest BCUT2D eigenvalue weighted by Gasteiger charge is 2.39. The molecule has 0 aromatic heterocycles. The van der Waals surface area contributed by atoms with Gasteiger partial charge >= 0.3 is 0 Å². The molecule has 1 fully saturated rings. The SMILES string of the molecule is COC1CC2C(O)=CC=NC2C[C@H]1OC. The lowest BCUT2D eigenvalue weighted by atomic mass is 9.79. The maximum atomic E-state index is 9.75. The number of aliphatic hydroxyl groups is 1. The van der Waals surface area contributed by atoms with Gasteiger partial charge in [0.2, 0.25) is 0 Å². The zero-order valence-electron chi connectivity index (χ0n) is 9.09. The van der Waals surface area contributed by atoms with Crippen molar-refractivity contribution in [3.8, 4) is 0 Å². The minimum absolute atomic E-state index is 0.0556. The Balaban J connectivity index is 2.12. The fraction of sp³-hybridized carbons (Fsp3) is 0.727. The normalized spacial score (nSPS) is 39.7. The van der Waals surface area contributed by atoms with Crippen LogP contribution in [0.25, 0.3) is 0 Å². The molecule has 0 aromatic carbocycles. The van der Waals surface area contributed by atoms with Gasteiger partial charge in [-0.2, -0.15) is 0 Å². The first-order valence-electron chi connectivity index (χ1n) is 5.24. The van der Waals surface area contributed by atoms with Crippen molar-refractivity contribution in [1.82, 2.24) is 0 Å². The summed E-state index contributed by atoms with van der Waals surface area (Å²) in [4.78, 5) is 4.37. The Hall–Kier alpha value is -0.870. The quantitative estimate of drug-likeness (QED) is 0.749. The number of fused-ring (bicyclic) bond motifs is 1. The molecule has 0 aromatic rings. The number of methoxy groups -OCH3 is 2. The van der Waals surface area contributed by atoms with Crippen molar-refractivity contribution in [3.05, 3.63) is 11.8 Å². The van der Waals surface area contributed by atoms with E-state index in [1.165, 1.54) is 0 Å². The summed E-state index contributed by atoms with van der Waals surface area (Å²) in [7, 11) is 3.38. The molecule has 2 rings (SSSR count). The summed E-state index contributed by atoms with van der Waals surface area (Å²) in [6.07, 6.45) is 5.07. The zero-order valence-corrected chi connectivity index (χ0v) is 9.09. The molecule has 0 bridgehead atoms. The van der Waals surface area contributed by atoms with Crippen LogP contribution in [-0.4, -0.2) is 43.8 Å². The van der Waals surface area contributed by atoms with Gasteiger partial charge in [0.25, 0.3) is 0 Å². The molecule has 1 aliphatic heterocycles. The van der Waals surface area contributed by atoms with Crippen molar-refractivity contribution in [1.29, 1.82) is 0 Å². The van der Waals surface area contributed by atoms with Crippen LogP contribution in [0.2, 0.25) is 0 Å². The van der Waals surface area contributed by atoms with Crippen molar-refractivity contribution >= 4 is 6.21 Å². The topological polar surface area (TPSA) is 51.0 Å². The van der Waals surface area contributed by atoms with Gasteiger partial charge in [0, 0.05) is 26.4 Å². The van der Waals surface area contributed by atoms with E-state index in [2.05, 4.69) is 4.99 Å². The van der Waals surface area contributed by atoms with Gasteiger partial charge in [0.05, 0.1) is 24.0 Å². The molecule has 3 unspecified atom stereocenters. The second-order valence-electron chi connectivity index (χ2n) is 4.08. The maximum absolute atomic E-state index is 9.75. The number of nitrogens with zero attached hydrogens (tertiary/aromatic N) is 1. The van der Waals surface area contributed by atoms with Gasteiger partial charge in [0.15, 0.2) is 0 Å². The summed E-state index contributed by atoms with van der Waals surface area (Å²) in [5.74, 6) is 0.526. The van der Waals surface area contributed by atoms with E-state index in [4.69, 9.17) is 9.47 Å². The number of dihydropyridines is 1. The van der Waals surface area contributed by atoms with Crippen LogP contribution < -0.4 is 0 Å². The van der Waals surface area contributed by atoms with E-state index < -0.39 is 0 Å². The van der Waals surface area contributed by atoms with Crippen molar-refractivity contribution in [3.63, 3.8) is 0 Å². The minimum Gasteiger partial charge on any atom is -0.512 e. The summed E-state index contributed by atoms with van der Waals surface area (Å²) in [6, 6.07) is 0.145. The van der Waals surface area contributed by atoms with Crippen LogP contribution >= 0.6 is 0 Å². The molecular formula is C11H17NO3. The van der Waals surface area contributed by atoms with Crippen LogP contribution in [0.3, 0.4) is 0 Å². The molecule has 0 radical (unpaired) electrons. The standard InChI is InChI=1S/C11H17NO3/c1-14-10-5-7-8(6-11(10)15-2)12-4-3-9(7)13/h3-4,7-8,10-11,13H,5-6H2,1-2H3/t7?,8?,10?,11-/m1/s1. The molecule has 84 valence electrons. The third kappa shape index (κ3) is 1.92. The Morgan fingerprint density at radius 3 is 2.60 bits per heavy atom. The van der Waals surface area contributed by atoms with Crippen molar-refractivity contribution in [2.75, 3.05) is 14.2 Å². The average molecular weight is 211 g/mol. The molecule has 1 N–H and O–H groups in total. The number of allylic oxidation sites excluding steroid dienone is 1. The third-order valence-corrected chi connectivity index (χ3v) is 3.35. The second kappa shape index (κ2) is 4.33. The minimum atomic E-state index is 0.0556. The van der Waals surface area contributed by atoms with Crippen LogP contribution in [0, 0.1) is 5.92 Å². The Kier molecular flexibility index (Phi) is 3.07. The van der Waals surface area contributed by atoms with Crippen LogP contribution in [0.15, 0.2) is 16.8 Å². The van der Waals surface area contributed by atoms with Crippen molar-refractivity contribution in [2.24, 2.45) is 10.9 Å². The molecule has 0 amide bonds. The highest BCUT2D eigenvalue weighted by Crippen LogP contribution is 2.35. The number of aliphatic imine (C=N–C) groups is 1. The summed E-state index contributed by atoms with van der Waals surface area (Å²) < 4.78 is 10.8. The first-order valence-corrected chi connectivity index (χ1v) is 5.24. The predicted octanol–water partition coefficient (Wildman–Crippen LogP) is 1.32. The van der Waals surface area contributed by atoms with E-state index in [1.54, 1.807) is 26.5 Å². The Morgan fingerprint density at radius 2 is 1.93 bits per heavy atom. The zero-order chi connectivity index (χ0) is 10.8. The molecule has 1 saturated carbocycles. The monoisotopic (exact) mass is 211 g/mol. The lowest BCUT2D eigenvalue weighted by molar-refractivity contribution is -0.0748. The summed E-state index contributed by atoms with van der Waals surface area (Å²) >= 11 is 0. The summed E-state index contributed by atoms with van der Waals surface area (Å²) in [6.45, 7) is 0. The molecule has 15 heavy (non-hydrogen) atoms. The Bertz CT molecular complexity index is 288. The van der Waals surface area contributed by atoms with E-state index in [-0.39, 0.29) is 24.2 Å². The van der Waals surface area contributed by atoms with Crippen molar-refractivity contribution < 1.29 is 14.6 Å². The van der Waals surface area contributed by atoms with E-state index in [0.29, 0.717) is 5.76 Å². The summed E-state index contributed by atoms with van der Waals surface area (Å²) in [5.41, 5.74) is 0. The number of aliphatic hydroxyl groups excluding tert-OH is 1. The van der Waals surface area contributed by atoms with Gasteiger partial charge in [-0.3, -0.25) is 4.99 Å². The Labute approximate surface area is 89.6 Å². The second-order valence-corrected chi connectivity index (χ2v) is 4.08. The lowest BCUT2D eigenvalue weighted by Gasteiger charge is -2.39. The van der Waals surface area contributed by atoms with Crippen LogP contribution in [0.1, 0.15) is 12.8 Å². The first-order chi connectivity index (χ1) is 7.26. The highest BCUT2D eigenvalue weighted by atomic mass is 16.5. The first kappa shape index (κ1) is 10.6. The van der Waals surface area contributed by atoms with Gasteiger partial charge in [-0.15, -0.1) is 0 Å². The third-order valence-electron chi connectivity index (χ3n) is 3.35. The van der Waals surface area contributed by atoms with E-state index in [0.717, 1.165) is 12.8 Å². The van der Waals surface area contributed by atoms with E-state index >= 15 is 0 Å². The van der Waals surface area contributed by atoms with Gasteiger partial charge in [-0.25, -0.2) is 0 Å². The van der Waals surface area contributed by atoms with Gasteiger partial charge in [0.1, 0.15) is 0 Å². The molecule has 1 heterocycles. The maximum Gasteiger partial charge on any atom is 0.0991 e. The van der Waals surface area contributed by atoms with Crippen LogP contribution in [-0.2, 0) is 9.47 Å². The lowest BCUT2D eigenvalue weighted by Crippen LogP contribution is -2.44. The molecule has 0 saturated heterocycles. The fourth-order valence-electron chi connectivity index (χ4n) is 2.45. The smallest absolute Gasteiger partial charge is 0.0991 e. The molecule has 4 heteroatoms. The number of hydrogen-bond acceptors (Lipinski definition) is 4. The summed E-state index contributed by atoms with van der Waals surface area (Å²) in [5, 5.41) is 9.75. The van der Waals surface area contributed by atoms with Gasteiger partial charge in [-0.05, 0) is 18.9 Å². The van der Waals surface area contributed by atoms with Crippen molar-refractivity contribution in [2.45, 2.75) is 31.1 Å². The number of ether oxygens (including phenoxy) is 2. The average Bonchev–Trinajstić information content (AvgIpc) is 2.28. The van der Waals surface area contributed by atoms with Gasteiger partial charge < -0.3 is 14.6 Å². The predicted molar refractivity (Wildman–Crippen MR) is 57.3 cm³/mol. The van der Waals surface area contributed by atoms with Crippen LogP contribution in [0.5, 0.6) is 0 Å². The number of hydrogen-bond donors (Lipinski definition) is 1. The highest BCUT2D eigenvalue weighted by molar-refractivity contribution is 5.73. The van der Waals surface area contributed by atoms with Crippen LogP contribution in [0.4, 0.5) is 0 Å². The van der Waals surface area contributed by atoms with E-state index in [1.807, 2.05) is 0 Å². The molecule has 4 nitrogen and oxygen atoms in total. The fourth-order valence-corrected chi connectivity index (χ4v) is 2.45. The molecule has 1 aliphatic carbocycles. The molecule has 2 aliphatic rings. The van der Waals surface area contributed by atoms with E-state index in [9.17, 15) is 5.11 Å².